The van der Waals surface area contributed by atoms with E-state index in [1.165, 1.54) is 0 Å². The highest BCUT2D eigenvalue weighted by molar-refractivity contribution is 8.02. The summed E-state index contributed by atoms with van der Waals surface area (Å²) in [7, 11) is 0. The minimum absolute atomic E-state index is 0.135. The van der Waals surface area contributed by atoms with Gasteiger partial charge in [0.25, 0.3) is 0 Å². The van der Waals surface area contributed by atoms with Crippen LogP contribution in [0.5, 0.6) is 0 Å². The minimum Gasteiger partial charge on any atom is -0.394 e. The second-order valence-corrected chi connectivity index (χ2v) is 12.6. The first-order chi connectivity index (χ1) is 17.8. The fraction of sp³-hybridized carbons (Fsp3) is 0.464. The van der Waals surface area contributed by atoms with E-state index in [4.69, 9.17) is 11.6 Å². The molecule has 0 aromatic heterocycles. The summed E-state index contributed by atoms with van der Waals surface area (Å²) in [6.07, 6.45) is 2.15. The summed E-state index contributed by atoms with van der Waals surface area (Å²) in [4.78, 5) is 43.4. The number of aliphatic hydroxyl groups is 1. The Morgan fingerprint density at radius 1 is 1.14 bits per heavy atom. The molecule has 0 aliphatic carbocycles. The number of carbonyl (C=O) groups is 3. The first kappa shape index (κ1) is 26.1. The van der Waals surface area contributed by atoms with Gasteiger partial charge in [0.1, 0.15) is 6.04 Å². The molecule has 37 heavy (non-hydrogen) atoms. The molecule has 2 aromatic rings. The number of benzene rings is 2. The molecule has 0 saturated carbocycles. The zero-order chi connectivity index (χ0) is 26.4. The Balaban J connectivity index is 1.60. The highest BCUT2D eigenvalue weighted by Crippen LogP contribution is 2.72. The third-order valence-corrected chi connectivity index (χ3v) is 10.4. The van der Waals surface area contributed by atoms with Gasteiger partial charge in [-0.05, 0) is 43.9 Å². The average Bonchev–Trinajstić information content (AvgIpc) is 3.46. The molecule has 3 amide bonds. The lowest BCUT2D eigenvalue weighted by atomic mass is 9.66. The molecule has 2 aromatic carbocycles. The number of nitrogens with one attached hydrogen (secondary N) is 2. The fourth-order valence-electron chi connectivity index (χ4n) is 6.55. The van der Waals surface area contributed by atoms with E-state index in [-0.39, 0.29) is 24.3 Å². The summed E-state index contributed by atoms with van der Waals surface area (Å²) in [6, 6.07) is 14.6. The third-order valence-electron chi connectivity index (χ3n) is 8.12. The van der Waals surface area contributed by atoms with E-state index in [0.717, 1.165) is 18.4 Å². The maximum absolute atomic E-state index is 14.3. The van der Waals surface area contributed by atoms with E-state index < -0.39 is 33.4 Å². The van der Waals surface area contributed by atoms with Crippen LogP contribution in [0.1, 0.15) is 44.7 Å². The number of aliphatic hydroxyl groups excluding tert-OH is 1. The Morgan fingerprint density at radius 3 is 2.51 bits per heavy atom. The van der Waals surface area contributed by atoms with Gasteiger partial charge in [-0.15, -0.1) is 11.8 Å². The molecule has 3 fully saturated rings. The van der Waals surface area contributed by atoms with Crippen LogP contribution in [0, 0.1) is 11.8 Å². The number of fused-ring (bicyclic) bond motifs is 1. The smallest absolute Gasteiger partial charge is 0.248 e. The predicted molar refractivity (Wildman–Crippen MR) is 145 cm³/mol. The van der Waals surface area contributed by atoms with E-state index in [0.29, 0.717) is 23.7 Å². The molecule has 3 saturated heterocycles. The molecule has 3 aliphatic heterocycles. The number of rotatable bonds is 8. The Labute approximate surface area is 226 Å². The first-order valence-corrected chi connectivity index (χ1v) is 14.0. The standard InChI is InChI=1S/C28H32ClN3O4S/c1-3-15-30-24(34)21-22-26(36)32(20(16-33)17-9-5-4-6-10-17)23(28(22)14-13-27(21,2)37-28)25(35)31-19-12-8-7-11-18(19)29/h4-12,20-23,33H,3,13-16H2,1-2H3,(H,30,34)(H,31,35)/t20-,21+,22+,23?,27-,28?/m1/s1. The van der Waals surface area contributed by atoms with E-state index in [2.05, 4.69) is 10.6 Å². The molecule has 3 N–H and O–H groups in total. The highest BCUT2D eigenvalue weighted by atomic mass is 35.5. The van der Waals surface area contributed by atoms with Gasteiger partial charge in [-0.1, -0.05) is 61.0 Å². The van der Waals surface area contributed by atoms with Gasteiger partial charge in [-0.3, -0.25) is 14.4 Å². The summed E-state index contributed by atoms with van der Waals surface area (Å²) < 4.78 is -1.23. The number of amides is 3. The van der Waals surface area contributed by atoms with Crippen LogP contribution < -0.4 is 10.6 Å². The van der Waals surface area contributed by atoms with Crippen LogP contribution in [0.3, 0.4) is 0 Å². The van der Waals surface area contributed by atoms with Crippen molar-refractivity contribution in [3.8, 4) is 0 Å². The van der Waals surface area contributed by atoms with Gasteiger partial charge in [0.2, 0.25) is 17.7 Å². The molecule has 0 radical (unpaired) electrons. The van der Waals surface area contributed by atoms with Crippen molar-refractivity contribution in [1.29, 1.82) is 0 Å². The topological polar surface area (TPSA) is 98.7 Å². The molecule has 2 bridgehead atoms. The molecule has 9 heteroatoms. The van der Waals surface area contributed by atoms with E-state index in [1.807, 2.05) is 44.2 Å². The van der Waals surface area contributed by atoms with Crippen LogP contribution in [0.15, 0.2) is 54.6 Å². The van der Waals surface area contributed by atoms with Gasteiger partial charge in [0, 0.05) is 11.3 Å². The summed E-state index contributed by atoms with van der Waals surface area (Å²) in [5.41, 5.74) is 1.20. The molecule has 7 nitrogen and oxygen atoms in total. The molecule has 6 atom stereocenters. The van der Waals surface area contributed by atoms with Crippen LogP contribution in [-0.2, 0) is 14.4 Å². The average molecular weight is 542 g/mol. The normalized spacial score (nSPS) is 30.8. The summed E-state index contributed by atoms with van der Waals surface area (Å²) in [5.74, 6) is -1.96. The van der Waals surface area contributed by atoms with E-state index >= 15 is 0 Å². The Bertz CT molecular complexity index is 1210. The monoisotopic (exact) mass is 541 g/mol. The maximum Gasteiger partial charge on any atom is 0.248 e. The van der Waals surface area contributed by atoms with E-state index in [9.17, 15) is 19.5 Å². The molecular formula is C28H32ClN3O4S. The SMILES string of the molecule is CCCNC(=O)[C@@H]1[C@H]2C(=O)N([C@H](CO)c3ccccc3)C(C(=O)Nc3ccccc3Cl)C23CC[C@@]1(C)S3. The van der Waals surface area contributed by atoms with Crippen LogP contribution in [-0.4, -0.2) is 56.4 Å². The van der Waals surface area contributed by atoms with Crippen molar-refractivity contribution in [3.63, 3.8) is 0 Å². The Morgan fingerprint density at radius 2 is 1.84 bits per heavy atom. The number of hydrogen-bond acceptors (Lipinski definition) is 5. The zero-order valence-electron chi connectivity index (χ0n) is 20.9. The van der Waals surface area contributed by atoms with Gasteiger partial charge >= 0.3 is 0 Å². The van der Waals surface area contributed by atoms with Crippen molar-refractivity contribution in [2.24, 2.45) is 11.8 Å². The van der Waals surface area contributed by atoms with Crippen molar-refractivity contribution in [2.45, 2.75) is 54.7 Å². The first-order valence-electron chi connectivity index (χ1n) is 12.8. The molecule has 3 heterocycles. The molecule has 1 spiro atoms. The van der Waals surface area contributed by atoms with Crippen molar-refractivity contribution >= 4 is 46.8 Å². The number of carbonyl (C=O) groups excluding carboxylic acids is 3. The Kier molecular flexibility index (Phi) is 7.02. The number of anilines is 1. The van der Waals surface area contributed by atoms with Crippen molar-refractivity contribution < 1.29 is 19.5 Å². The van der Waals surface area contributed by atoms with Crippen LogP contribution in [0.4, 0.5) is 5.69 Å². The number of thioether (sulfide) groups is 1. The second-order valence-electron chi connectivity index (χ2n) is 10.3. The minimum atomic E-state index is -0.880. The fourth-order valence-corrected chi connectivity index (χ4v) is 9.08. The molecule has 196 valence electrons. The number of likely N-dealkylation sites (tertiary alicyclic amines) is 1. The Hall–Kier alpha value is -2.55. The third kappa shape index (κ3) is 4.14. The lowest BCUT2D eigenvalue weighted by molar-refractivity contribution is -0.142. The van der Waals surface area contributed by atoms with Gasteiger partial charge in [-0.25, -0.2) is 0 Å². The van der Waals surface area contributed by atoms with Crippen LogP contribution >= 0.6 is 23.4 Å². The lowest BCUT2D eigenvalue weighted by Crippen LogP contribution is -2.53. The largest absolute Gasteiger partial charge is 0.394 e. The summed E-state index contributed by atoms with van der Waals surface area (Å²) in [6.45, 7) is 4.22. The van der Waals surface area contributed by atoms with Crippen LogP contribution in [0.25, 0.3) is 0 Å². The summed E-state index contributed by atoms with van der Waals surface area (Å²) >= 11 is 7.96. The predicted octanol–water partition coefficient (Wildman–Crippen LogP) is 4.02. The maximum atomic E-state index is 14.3. The number of nitrogens with zero attached hydrogens (tertiary/aromatic N) is 1. The number of hydrogen-bond donors (Lipinski definition) is 3. The van der Waals surface area contributed by atoms with Crippen LogP contribution in [0.2, 0.25) is 5.02 Å². The highest BCUT2D eigenvalue weighted by Gasteiger charge is 2.77. The van der Waals surface area contributed by atoms with Crippen molar-refractivity contribution in [2.75, 3.05) is 18.5 Å². The molecular weight excluding hydrogens is 510 g/mol. The molecule has 2 unspecified atom stereocenters. The van der Waals surface area contributed by atoms with Gasteiger partial charge < -0.3 is 20.6 Å². The summed E-state index contributed by atoms with van der Waals surface area (Å²) in [5, 5.41) is 16.9. The van der Waals surface area contributed by atoms with Crippen molar-refractivity contribution in [3.05, 3.63) is 65.2 Å². The quantitative estimate of drug-likeness (QED) is 0.469. The number of halogens is 1. The lowest BCUT2D eigenvalue weighted by Gasteiger charge is -2.37. The molecule has 5 rings (SSSR count). The van der Waals surface area contributed by atoms with Gasteiger partial charge in [-0.2, -0.15) is 0 Å². The number of para-hydroxylation sites is 1. The van der Waals surface area contributed by atoms with E-state index in [1.54, 1.807) is 40.9 Å². The zero-order valence-corrected chi connectivity index (χ0v) is 22.5. The van der Waals surface area contributed by atoms with Gasteiger partial charge in [0.15, 0.2) is 0 Å². The second kappa shape index (κ2) is 9.97. The van der Waals surface area contributed by atoms with Crippen molar-refractivity contribution in [1.82, 2.24) is 10.2 Å². The molecule has 3 aliphatic rings. The van der Waals surface area contributed by atoms with Gasteiger partial charge in [0.05, 0.1) is 39.9 Å².